The first-order valence-electron chi connectivity index (χ1n) is 4.01. The van der Waals surface area contributed by atoms with Crippen molar-refractivity contribution < 1.29 is 23.0 Å². The maximum atomic E-state index is 13.0. The summed E-state index contributed by atoms with van der Waals surface area (Å²) >= 11 is 0. The maximum Gasteiger partial charge on any atom is 0.424 e. The summed E-state index contributed by atoms with van der Waals surface area (Å²) in [4.78, 5) is 0.986. The number of nitrogens with zero attached hydrogens (tertiary/aromatic N) is 1. The van der Waals surface area contributed by atoms with Crippen LogP contribution in [-0.2, 0) is 9.47 Å². The van der Waals surface area contributed by atoms with Crippen LogP contribution in [0.25, 0.3) is 0 Å². The predicted molar refractivity (Wildman–Crippen MR) is 41.5 cm³/mol. The summed E-state index contributed by atoms with van der Waals surface area (Å²) in [5.41, 5.74) is 0. The molecule has 6 heteroatoms. The van der Waals surface area contributed by atoms with Crippen molar-refractivity contribution in [2.45, 2.75) is 13.2 Å². The van der Waals surface area contributed by atoms with Crippen molar-refractivity contribution in [2.24, 2.45) is 0 Å². The van der Waals surface area contributed by atoms with Gasteiger partial charge in [0, 0.05) is 13.1 Å². The average molecular weight is 201 g/mol. The van der Waals surface area contributed by atoms with Gasteiger partial charge in [-0.3, -0.25) is 4.70 Å². The summed E-state index contributed by atoms with van der Waals surface area (Å²) in [7, 11) is 0. The van der Waals surface area contributed by atoms with E-state index in [0.29, 0.717) is 13.2 Å². The monoisotopic (exact) mass is 201 g/mol. The van der Waals surface area contributed by atoms with Crippen LogP contribution in [0.5, 0.6) is 0 Å². The predicted octanol–water partition coefficient (Wildman–Crippen LogP) is 1.06. The smallest absolute Gasteiger partial charge is 0.379 e. The van der Waals surface area contributed by atoms with Gasteiger partial charge in [0.15, 0.2) is 0 Å². The number of morpholine rings is 1. The van der Waals surface area contributed by atoms with Gasteiger partial charge >= 0.3 is 6.23 Å². The van der Waals surface area contributed by atoms with Crippen LogP contribution in [0.1, 0.15) is 6.92 Å². The molecule has 0 unspecified atom stereocenters. The van der Waals surface area contributed by atoms with E-state index in [9.17, 15) is 8.78 Å². The molecule has 1 fully saturated rings. The van der Waals surface area contributed by atoms with Crippen LogP contribution in [-0.4, -0.2) is 44.0 Å². The Kier molecular flexibility index (Phi) is 5.27. The molecular formula is C7H14F3NO2. The molecule has 0 saturated carbocycles. The quantitative estimate of drug-likeness (QED) is 0.637. The summed E-state index contributed by atoms with van der Waals surface area (Å²) in [6, 6.07) is 0. The minimum absolute atomic E-state index is 0. The third-order valence-corrected chi connectivity index (χ3v) is 1.70. The van der Waals surface area contributed by atoms with Gasteiger partial charge in [-0.25, -0.2) is 4.90 Å². The van der Waals surface area contributed by atoms with Gasteiger partial charge in [-0.15, -0.1) is 0 Å². The van der Waals surface area contributed by atoms with Crippen LogP contribution in [0.2, 0.25) is 0 Å². The van der Waals surface area contributed by atoms with Crippen molar-refractivity contribution in [3.8, 4) is 0 Å². The van der Waals surface area contributed by atoms with E-state index in [1.807, 2.05) is 0 Å². The van der Waals surface area contributed by atoms with E-state index in [1.54, 1.807) is 6.92 Å². The number of ether oxygens (including phenoxy) is 2. The lowest BCUT2D eigenvalue weighted by Crippen LogP contribution is -2.49. The molecule has 0 amide bonds. The molecule has 1 rings (SSSR count). The number of alkyl halides is 2. The van der Waals surface area contributed by atoms with Crippen molar-refractivity contribution >= 4 is 0 Å². The number of halogens is 3. The van der Waals surface area contributed by atoms with Crippen molar-refractivity contribution in [1.82, 2.24) is 4.90 Å². The van der Waals surface area contributed by atoms with Crippen molar-refractivity contribution in [2.75, 3.05) is 32.9 Å². The molecule has 1 aliphatic heterocycles. The zero-order valence-electron chi connectivity index (χ0n) is 7.46. The first-order valence-corrected chi connectivity index (χ1v) is 4.01. The molecule has 3 nitrogen and oxygen atoms in total. The molecule has 0 aromatic carbocycles. The van der Waals surface area contributed by atoms with Crippen LogP contribution in [0, 0.1) is 0 Å². The SMILES string of the molecule is CCOC(F)(F)N1CCOCC1.F. The van der Waals surface area contributed by atoms with Gasteiger partial charge in [0.05, 0.1) is 19.8 Å². The lowest BCUT2D eigenvalue weighted by molar-refractivity contribution is -0.333. The zero-order chi connectivity index (χ0) is 9.03. The van der Waals surface area contributed by atoms with E-state index in [-0.39, 0.29) is 24.4 Å². The molecule has 80 valence electrons. The van der Waals surface area contributed by atoms with Gasteiger partial charge in [0.25, 0.3) is 0 Å². The molecule has 0 aliphatic carbocycles. The largest absolute Gasteiger partial charge is 0.424 e. The Hall–Kier alpha value is -0.330. The Morgan fingerprint density at radius 3 is 2.38 bits per heavy atom. The van der Waals surface area contributed by atoms with Crippen LogP contribution < -0.4 is 0 Å². The van der Waals surface area contributed by atoms with Gasteiger partial charge in [0.2, 0.25) is 0 Å². The fourth-order valence-electron chi connectivity index (χ4n) is 1.09. The van der Waals surface area contributed by atoms with Crippen LogP contribution in [0.4, 0.5) is 13.5 Å². The molecule has 0 bridgehead atoms. The Morgan fingerprint density at radius 1 is 1.38 bits per heavy atom. The summed E-state index contributed by atoms with van der Waals surface area (Å²) < 4.78 is 35.2. The average Bonchev–Trinajstić information content (AvgIpc) is 2.06. The fraction of sp³-hybridized carbons (Fsp3) is 1.00. The lowest BCUT2D eigenvalue weighted by atomic mass is 10.4. The van der Waals surface area contributed by atoms with Crippen LogP contribution in [0.3, 0.4) is 0 Å². The van der Waals surface area contributed by atoms with E-state index in [1.165, 1.54) is 0 Å². The molecule has 0 N–H and O–H groups in total. The minimum atomic E-state index is -3.13. The van der Waals surface area contributed by atoms with Crippen molar-refractivity contribution in [3.05, 3.63) is 0 Å². The topological polar surface area (TPSA) is 21.7 Å². The third-order valence-electron chi connectivity index (χ3n) is 1.70. The zero-order valence-corrected chi connectivity index (χ0v) is 7.46. The molecule has 0 aromatic heterocycles. The van der Waals surface area contributed by atoms with E-state index in [0.717, 1.165) is 4.90 Å². The number of hydrogen-bond acceptors (Lipinski definition) is 3. The van der Waals surface area contributed by atoms with Crippen LogP contribution in [0.15, 0.2) is 0 Å². The molecule has 0 atom stereocenters. The molecule has 1 aliphatic rings. The van der Waals surface area contributed by atoms with E-state index < -0.39 is 6.23 Å². The molecule has 13 heavy (non-hydrogen) atoms. The second-order valence-corrected chi connectivity index (χ2v) is 2.52. The minimum Gasteiger partial charge on any atom is -0.379 e. The summed E-state index contributed by atoms with van der Waals surface area (Å²) in [5, 5.41) is 0. The van der Waals surface area contributed by atoms with E-state index in [2.05, 4.69) is 4.74 Å². The first-order chi connectivity index (χ1) is 5.67. The Labute approximate surface area is 75.0 Å². The van der Waals surface area contributed by atoms with Gasteiger partial charge < -0.3 is 9.47 Å². The molecule has 1 saturated heterocycles. The second kappa shape index (κ2) is 5.41. The number of hydrogen-bond donors (Lipinski definition) is 0. The molecule has 0 spiro atoms. The normalized spacial score (nSPS) is 19.6. The number of rotatable bonds is 3. The Bertz CT molecular complexity index is 140. The summed E-state index contributed by atoms with van der Waals surface area (Å²) in [6.07, 6.45) is -3.13. The highest BCUT2D eigenvalue weighted by atomic mass is 19.3. The highest BCUT2D eigenvalue weighted by Crippen LogP contribution is 2.21. The first kappa shape index (κ1) is 12.7. The Morgan fingerprint density at radius 2 is 1.92 bits per heavy atom. The lowest BCUT2D eigenvalue weighted by Gasteiger charge is -2.32. The molecule has 0 radical (unpaired) electrons. The summed E-state index contributed by atoms with van der Waals surface area (Å²) in [6.45, 7) is 2.73. The Balaban J connectivity index is 0.00000144. The third kappa shape index (κ3) is 3.50. The van der Waals surface area contributed by atoms with Gasteiger partial charge in [-0.05, 0) is 6.92 Å². The highest BCUT2D eigenvalue weighted by molar-refractivity contribution is 4.64. The fourth-order valence-corrected chi connectivity index (χ4v) is 1.09. The van der Waals surface area contributed by atoms with Gasteiger partial charge in [-0.1, -0.05) is 0 Å². The standard InChI is InChI=1S/C7H13F2NO2.FH/c1-2-12-7(8,9)10-3-5-11-6-4-10;/h2-6H2,1H3;1H. The van der Waals surface area contributed by atoms with Crippen LogP contribution >= 0.6 is 0 Å². The van der Waals surface area contributed by atoms with E-state index >= 15 is 0 Å². The maximum absolute atomic E-state index is 13.0. The highest BCUT2D eigenvalue weighted by Gasteiger charge is 2.38. The molecule has 0 aromatic rings. The van der Waals surface area contributed by atoms with Crippen molar-refractivity contribution in [1.29, 1.82) is 0 Å². The molecule has 1 heterocycles. The van der Waals surface area contributed by atoms with Gasteiger partial charge in [0.1, 0.15) is 0 Å². The second-order valence-electron chi connectivity index (χ2n) is 2.52. The molecular weight excluding hydrogens is 187 g/mol. The summed E-state index contributed by atoms with van der Waals surface area (Å²) in [5.74, 6) is 0. The van der Waals surface area contributed by atoms with Gasteiger partial charge in [-0.2, -0.15) is 8.78 Å². The van der Waals surface area contributed by atoms with Crippen molar-refractivity contribution in [3.63, 3.8) is 0 Å². The van der Waals surface area contributed by atoms with E-state index in [4.69, 9.17) is 4.74 Å².